The predicted octanol–water partition coefficient (Wildman–Crippen LogP) is 2.90. The number of hydrogen-bond acceptors (Lipinski definition) is 5. The molecule has 0 saturated heterocycles. The second-order valence-electron chi connectivity index (χ2n) is 4.37. The van der Waals surface area contributed by atoms with E-state index >= 15 is 0 Å². The minimum atomic E-state index is -4.03. The molecule has 0 N–H and O–H groups in total. The lowest BCUT2D eigenvalue weighted by Gasteiger charge is -2.08. The molecule has 0 saturated carbocycles. The fourth-order valence-corrected chi connectivity index (χ4v) is 3.59. The summed E-state index contributed by atoms with van der Waals surface area (Å²) < 4.78 is 52.6. The zero-order chi connectivity index (χ0) is 16.4. The van der Waals surface area contributed by atoms with E-state index in [2.05, 4.69) is 0 Å². The molecule has 0 aliphatic rings. The van der Waals surface area contributed by atoms with Gasteiger partial charge in [0.15, 0.2) is 9.84 Å². The van der Waals surface area contributed by atoms with Gasteiger partial charge in [-0.3, -0.25) is 0 Å². The third-order valence-electron chi connectivity index (χ3n) is 2.87. The Balaban J connectivity index is 2.28. The van der Waals surface area contributed by atoms with Gasteiger partial charge >= 0.3 is 10.1 Å². The van der Waals surface area contributed by atoms with E-state index in [0.717, 1.165) is 0 Å². The van der Waals surface area contributed by atoms with Crippen molar-refractivity contribution in [3.05, 3.63) is 53.6 Å². The van der Waals surface area contributed by atoms with Crippen LogP contribution in [0, 0.1) is 0 Å². The third-order valence-corrected chi connectivity index (χ3v) is 6.13. The molecule has 8 heteroatoms. The average Bonchev–Trinajstić information content (AvgIpc) is 2.49. The number of sulfone groups is 1. The maximum absolute atomic E-state index is 12.1. The molecular weight excluding hydrogens is 348 g/mol. The van der Waals surface area contributed by atoms with Crippen LogP contribution in [0.4, 0.5) is 0 Å². The second-order valence-corrected chi connectivity index (χ2v) is 8.63. The van der Waals surface area contributed by atoms with E-state index in [1.54, 1.807) is 0 Å². The van der Waals surface area contributed by atoms with Crippen LogP contribution in [0.15, 0.2) is 58.3 Å². The Labute approximate surface area is 134 Å². The zero-order valence-electron chi connectivity index (χ0n) is 11.6. The van der Waals surface area contributed by atoms with Gasteiger partial charge in [0, 0.05) is 5.02 Å². The molecule has 0 radical (unpaired) electrons. The Kier molecular flexibility index (Phi) is 4.79. The van der Waals surface area contributed by atoms with Gasteiger partial charge in [0.05, 0.1) is 10.6 Å². The summed E-state index contributed by atoms with van der Waals surface area (Å²) in [4.78, 5) is -0.0575. The quantitative estimate of drug-likeness (QED) is 0.766. The molecule has 0 unspecified atom stereocenters. The fourth-order valence-electron chi connectivity index (χ4n) is 1.65. The molecular formula is C14H13ClO5S2. The monoisotopic (exact) mass is 360 g/mol. The highest BCUT2D eigenvalue weighted by atomic mass is 35.5. The van der Waals surface area contributed by atoms with Crippen molar-refractivity contribution < 1.29 is 21.0 Å². The van der Waals surface area contributed by atoms with Gasteiger partial charge in [-0.15, -0.1) is 0 Å². The predicted molar refractivity (Wildman–Crippen MR) is 83.4 cm³/mol. The Morgan fingerprint density at radius 2 is 1.36 bits per heavy atom. The molecule has 118 valence electrons. The maximum atomic E-state index is 12.1. The highest BCUT2D eigenvalue weighted by molar-refractivity contribution is 7.91. The first-order chi connectivity index (χ1) is 10.2. The fraction of sp³-hybridized carbons (Fsp3) is 0.143. The third kappa shape index (κ3) is 3.79. The summed E-state index contributed by atoms with van der Waals surface area (Å²) in [5, 5.41) is 0.457. The lowest BCUT2D eigenvalue weighted by Crippen LogP contribution is -2.10. The van der Waals surface area contributed by atoms with E-state index in [-0.39, 0.29) is 21.3 Å². The van der Waals surface area contributed by atoms with Crippen LogP contribution in [0.3, 0.4) is 0 Å². The first-order valence-electron chi connectivity index (χ1n) is 6.27. The average molecular weight is 361 g/mol. The van der Waals surface area contributed by atoms with Gasteiger partial charge < -0.3 is 4.18 Å². The Hall–Kier alpha value is -1.57. The van der Waals surface area contributed by atoms with E-state index < -0.39 is 20.0 Å². The van der Waals surface area contributed by atoms with Crippen LogP contribution in [0.25, 0.3) is 0 Å². The van der Waals surface area contributed by atoms with Crippen LogP contribution < -0.4 is 4.18 Å². The summed E-state index contributed by atoms with van der Waals surface area (Å²) in [7, 11) is -7.41. The van der Waals surface area contributed by atoms with E-state index in [1.165, 1.54) is 55.5 Å². The standard InChI is InChI=1S/C14H13ClO5S2/c1-2-21(16,17)13-7-9-14(10-8-13)22(18,19)20-12-5-3-11(15)4-6-12/h3-10H,2H2,1H3. The summed E-state index contributed by atoms with van der Waals surface area (Å²) in [5.41, 5.74) is 0. The van der Waals surface area contributed by atoms with E-state index in [9.17, 15) is 16.8 Å². The Bertz CT molecular complexity index is 854. The van der Waals surface area contributed by atoms with Crippen molar-refractivity contribution >= 4 is 31.6 Å². The van der Waals surface area contributed by atoms with Gasteiger partial charge in [-0.1, -0.05) is 18.5 Å². The largest absolute Gasteiger partial charge is 0.379 e. The van der Waals surface area contributed by atoms with Gasteiger partial charge in [-0.25, -0.2) is 8.42 Å². The molecule has 2 aromatic rings. The van der Waals surface area contributed by atoms with Gasteiger partial charge in [-0.05, 0) is 48.5 Å². The van der Waals surface area contributed by atoms with Crippen molar-refractivity contribution in [1.29, 1.82) is 0 Å². The summed E-state index contributed by atoms with van der Waals surface area (Å²) in [6.07, 6.45) is 0. The highest BCUT2D eigenvalue weighted by Gasteiger charge is 2.18. The van der Waals surface area contributed by atoms with Gasteiger partial charge in [0.1, 0.15) is 10.6 Å². The van der Waals surface area contributed by atoms with Crippen molar-refractivity contribution in [2.75, 3.05) is 5.75 Å². The van der Waals surface area contributed by atoms with Crippen LogP contribution in [0.2, 0.25) is 5.02 Å². The van der Waals surface area contributed by atoms with Gasteiger partial charge in [0.2, 0.25) is 0 Å². The molecule has 0 aliphatic carbocycles. The minimum absolute atomic E-state index is 0.0552. The lowest BCUT2D eigenvalue weighted by atomic mass is 10.3. The Morgan fingerprint density at radius 3 is 1.86 bits per heavy atom. The molecule has 22 heavy (non-hydrogen) atoms. The summed E-state index contributed by atoms with van der Waals surface area (Å²) in [5.74, 6) is 0.0649. The highest BCUT2D eigenvalue weighted by Crippen LogP contribution is 2.22. The molecule has 0 spiro atoms. The first kappa shape index (κ1) is 16.8. The van der Waals surface area contributed by atoms with Crippen molar-refractivity contribution in [2.45, 2.75) is 16.7 Å². The number of hydrogen-bond donors (Lipinski definition) is 0. The topological polar surface area (TPSA) is 77.5 Å². The van der Waals surface area contributed by atoms with Crippen LogP contribution in [-0.2, 0) is 20.0 Å². The SMILES string of the molecule is CCS(=O)(=O)c1ccc(S(=O)(=O)Oc2ccc(Cl)cc2)cc1. The van der Waals surface area contributed by atoms with Gasteiger partial charge in [-0.2, -0.15) is 8.42 Å². The number of halogens is 1. The second kappa shape index (κ2) is 6.28. The van der Waals surface area contributed by atoms with Crippen molar-refractivity contribution in [2.24, 2.45) is 0 Å². The maximum Gasteiger partial charge on any atom is 0.339 e. The molecule has 0 fully saturated rings. The van der Waals surface area contributed by atoms with E-state index in [0.29, 0.717) is 5.02 Å². The molecule has 0 amide bonds. The van der Waals surface area contributed by atoms with E-state index in [4.69, 9.17) is 15.8 Å². The summed E-state index contributed by atoms with van der Waals surface area (Å²) >= 11 is 5.71. The number of benzene rings is 2. The van der Waals surface area contributed by atoms with Crippen molar-refractivity contribution in [1.82, 2.24) is 0 Å². The molecule has 2 aromatic carbocycles. The lowest BCUT2D eigenvalue weighted by molar-refractivity contribution is 0.486. The van der Waals surface area contributed by atoms with Crippen molar-refractivity contribution in [3.63, 3.8) is 0 Å². The molecule has 0 bridgehead atoms. The summed E-state index contributed by atoms with van der Waals surface area (Å²) in [6, 6.07) is 10.8. The molecule has 0 atom stereocenters. The zero-order valence-corrected chi connectivity index (χ0v) is 14.0. The molecule has 2 rings (SSSR count). The molecule has 0 aromatic heterocycles. The molecule has 0 heterocycles. The minimum Gasteiger partial charge on any atom is -0.379 e. The van der Waals surface area contributed by atoms with Crippen LogP contribution in [-0.4, -0.2) is 22.6 Å². The van der Waals surface area contributed by atoms with Gasteiger partial charge in [0.25, 0.3) is 0 Å². The smallest absolute Gasteiger partial charge is 0.339 e. The molecule has 0 aliphatic heterocycles. The van der Waals surface area contributed by atoms with Crippen LogP contribution >= 0.6 is 11.6 Å². The molecule has 5 nitrogen and oxygen atoms in total. The van der Waals surface area contributed by atoms with Crippen molar-refractivity contribution in [3.8, 4) is 5.75 Å². The number of rotatable bonds is 5. The first-order valence-corrected chi connectivity index (χ1v) is 9.71. The van der Waals surface area contributed by atoms with E-state index in [1.807, 2.05) is 0 Å². The van der Waals surface area contributed by atoms with Crippen LogP contribution in [0.1, 0.15) is 6.92 Å². The van der Waals surface area contributed by atoms with Crippen LogP contribution in [0.5, 0.6) is 5.75 Å². The summed E-state index contributed by atoms with van der Waals surface area (Å²) in [6.45, 7) is 1.52. The Morgan fingerprint density at radius 1 is 0.864 bits per heavy atom. The normalized spacial score (nSPS) is 12.1.